The maximum absolute atomic E-state index is 15.4. The van der Waals surface area contributed by atoms with E-state index in [1.165, 1.54) is 36.0 Å². The summed E-state index contributed by atoms with van der Waals surface area (Å²) in [7, 11) is 1.82. The van der Waals surface area contributed by atoms with E-state index in [-0.39, 0.29) is 29.2 Å². The van der Waals surface area contributed by atoms with Crippen molar-refractivity contribution in [3.05, 3.63) is 65.4 Å². The molecule has 2 heterocycles. The van der Waals surface area contributed by atoms with E-state index in [0.717, 1.165) is 4.90 Å². The fraction of sp³-hybridized carbons (Fsp3) is 0.231. The number of hydrogen-bond donors (Lipinski definition) is 3. The molecule has 0 saturated carbocycles. The van der Waals surface area contributed by atoms with Crippen LogP contribution in [0.4, 0.5) is 8.78 Å². The minimum atomic E-state index is -1.26. The molecule has 13 heteroatoms. The number of aliphatic imine (C=N–C) groups is 1. The van der Waals surface area contributed by atoms with Crippen molar-refractivity contribution in [3.63, 3.8) is 0 Å². The van der Waals surface area contributed by atoms with Crippen molar-refractivity contribution < 1.29 is 33.3 Å². The van der Waals surface area contributed by atoms with E-state index in [1.54, 1.807) is 12.1 Å². The summed E-state index contributed by atoms with van der Waals surface area (Å²) in [5.74, 6) is -4.41. The van der Waals surface area contributed by atoms with E-state index >= 15 is 4.39 Å². The highest BCUT2D eigenvalue weighted by Crippen LogP contribution is 2.38. The lowest BCUT2D eigenvalue weighted by Crippen LogP contribution is -2.30. The Morgan fingerprint density at radius 3 is 2.74 bits per heavy atom. The number of carboxylic acid groups (broad SMARTS) is 1. The number of halogens is 2. The second-order valence-corrected chi connectivity index (χ2v) is 9.59. The first-order chi connectivity index (χ1) is 18.7. The van der Waals surface area contributed by atoms with E-state index in [1.807, 2.05) is 18.0 Å². The average Bonchev–Trinajstić information content (AvgIpc) is 3.35. The number of phenols is 1. The Labute approximate surface area is 226 Å². The summed E-state index contributed by atoms with van der Waals surface area (Å²) in [6.45, 7) is 1.16. The minimum absolute atomic E-state index is 0.110. The van der Waals surface area contributed by atoms with Crippen molar-refractivity contribution in [1.29, 1.82) is 5.26 Å². The molecule has 10 nitrogen and oxygen atoms in total. The fourth-order valence-electron chi connectivity index (χ4n) is 3.59. The molecular formula is C26H23F2N5O5S. The fourth-order valence-corrected chi connectivity index (χ4v) is 4.56. The van der Waals surface area contributed by atoms with Gasteiger partial charge in [-0.15, -0.1) is 11.8 Å². The van der Waals surface area contributed by atoms with Gasteiger partial charge in [-0.2, -0.15) is 9.65 Å². The smallest absolute Gasteiger partial charge is 0.320 e. The van der Waals surface area contributed by atoms with E-state index in [0.29, 0.717) is 36.4 Å². The summed E-state index contributed by atoms with van der Waals surface area (Å²) in [6, 6.07) is 9.57. The molecule has 1 unspecified atom stereocenters. The van der Waals surface area contributed by atoms with Gasteiger partial charge in [-0.3, -0.25) is 9.79 Å². The molecule has 1 atom stereocenters. The zero-order chi connectivity index (χ0) is 28.1. The minimum Gasteiger partial charge on any atom is -0.504 e. The number of phenolic OH excluding ortho intramolecular Hbond substituents is 1. The molecule has 0 bridgehead atoms. The van der Waals surface area contributed by atoms with Crippen LogP contribution >= 0.6 is 11.8 Å². The Hall–Kier alpha value is -4.41. The van der Waals surface area contributed by atoms with Crippen molar-refractivity contribution >= 4 is 23.6 Å². The number of carbonyl (C=O) groups is 1. The van der Waals surface area contributed by atoms with Crippen LogP contribution in [-0.4, -0.2) is 63.8 Å². The molecule has 4 N–H and O–H groups in total. The lowest BCUT2D eigenvalue weighted by molar-refractivity contribution is -0.138. The molecule has 0 spiro atoms. The molecule has 3 aromatic rings. The molecule has 0 aliphatic carbocycles. The number of benzene rings is 2. The second kappa shape index (κ2) is 12.0. The number of likely N-dealkylation sites (N-methyl/N-ethyl adjacent to an activating group) is 1. The van der Waals surface area contributed by atoms with E-state index < -0.39 is 35.3 Å². The molecule has 0 fully saturated rings. The van der Waals surface area contributed by atoms with Crippen LogP contribution in [-0.2, 0) is 4.79 Å². The van der Waals surface area contributed by atoms with Crippen LogP contribution in [0, 0.1) is 23.0 Å². The molecule has 0 saturated heterocycles. The number of ether oxygens (including phenoxy) is 2. The summed E-state index contributed by atoms with van der Waals surface area (Å²) in [6.07, 6.45) is 0.964. The van der Waals surface area contributed by atoms with E-state index in [9.17, 15) is 14.3 Å². The Kier molecular flexibility index (Phi) is 8.48. The van der Waals surface area contributed by atoms with Gasteiger partial charge < -0.3 is 30.3 Å². The summed E-state index contributed by atoms with van der Waals surface area (Å²) in [4.78, 5) is 21.7. The highest BCUT2D eigenvalue weighted by molar-refractivity contribution is 7.99. The number of pyridine rings is 1. The number of nitriles is 1. The van der Waals surface area contributed by atoms with Gasteiger partial charge >= 0.3 is 5.97 Å². The lowest BCUT2D eigenvalue weighted by Gasteiger charge is -2.19. The second-order valence-electron chi connectivity index (χ2n) is 8.42. The van der Waals surface area contributed by atoms with E-state index in [4.69, 9.17) is 25.6 Å². The van der Waals surface area contributed by atoms with Crippen molar-refractivity contribution in [2.75, 3.05) is 25.9 Å². The maximum Gasteiger partial charge on any atom is 0.320 e. The van der Waals surface area contributed by atoms with Crippen LogP contribution in [0.1, 0.15) is 17.5 Å². The van der Waals surface area contributed by atoms with Crippen molar-refractivity contribution in [2.45, 2.75) is 17.4 Å². The Bertz CT molecular complexity index is 1480. The first kappa shape index (κ1) is 27.6. The predicted molar refractivity (Wildman–Crippen MR) is 139 cm³/mol. The maximum atomic E-state index is 15.4. The van der Waals surface area contributed by atoms with Gasteiger partial charge in [-0.05, 0) is 36.8 Å². The highest BCUT2D eigenvalue weighted by Gasteiger charge is 2.25. The number of aromatic nitrogens is 1. The van der Waals surface area contributed by atoms with E-state index in [2.05, 4.69) is 9.98 Å². The van der Waals surface area contributed by atoms with Gasteiger partial charge in [0.1, 0.15) is 17.6 Å². The highest BCUT2D eigenvalue weighted by atomic mass is 32.2. The van der Waals surface area contributed by atoms with Crippen LogP contribution in [0.25, 0.3) is 0 Å². The Morgan fingerprint density at radius 2 is 2.05 bits per heavy atom. The topological polar surface area (TPSA) is 154 Å². The monoisotopic (exact) mass is 555 g/mol. The van der Waals surface area contributed by atoms with Crippen LogP contribution in [0.15, 0.2) is 52.5 Å². The number of rotatable bonds is 10. The average molecular weight is 556 g/mol. The molecular weight excluding hydrogens is 532 g/mol. The summed E-state index contributed by atoms with van der Waals surface area (Å²) in [5, 5.41) is 28.1. The third kappa shape index (κ3) is 6.36. The number of nitrogens with two attached hydrogens (primary N) is 1. The molecule has 4 rings (SSSR count). The zero-order valence-electron chi connectivity index (χ0n) is 20.6. The third-order valence-electron chi connectivity index (χ3n) is 5.67. The van der Waals surface area contributed by atoms with Gasteiger partial charge in [0.05, 0.1) is 29.9 Å². The molecule has 1 aliphatic rings. The number of aliphatic carboxylic acids is 1. The molecule has 0 amide bonds. The van der Waals surface area contributed by atoms with Gasteiger partial charge in [0, 0.05) is 30.3 Å². The lowest BCUT2D eigenvalue weighted by atomic mass is 10.1. The summed E-state index contributed by atoms with van der Waals surface area (Å²) < 4.78 is 41.2. The number of carboxylic acids is 1. The number of nitrogens with zero attached hydrogens (tertiary/aromatic N) is 4. The first-order valence-electron chi connectivity index (χ1n) is 11.6. The van der Waals surface area contributed by atoms with Gasteiger partial charge in [0.25, 0.3) is 5.88 Å². The summed E-state index contributed by atoms with van der Waals surface area (Å²) in [5.41, 5.74) is 6.20. The largest absolute Gasteiger partial charge is 0.504 e. The van der Waals surface area contributed by atoms with Crippen LogP contribution in [0.5, 0.6) is 28.9 Å². The van der Waals surface area contributed by atoms with Crippen molar-refractivity contribution in [1.82, 2.24) is 9.88 Å². The van der Waals surface area contributed by atoms with Gasteiger partial charge in [0.15, 0.2) is 17.3 Å². The zero-order valence-corrected chi connectivity index (χ0v) is 21.4. The SMILES string of the molecule is CN1CCN=C1c1cc(SCCC(N)C(=O)O)ccc1Oc1c(F)cnc(Oc2cc(C#N)ccc2O)c1F. The molecule has 39 heavy (non-hydrogen) atoms. The molecule has 202 valence electrons. The number of amidine groups is 1. The Balaban J connectivity index is 1.64. The number of thioether (sulfide) groups is 1. The molecule has 1 aliphatic heterocycles. The standard InChI is InChI=1S/C26H23F2N5O5S/c1-33-8-7-31-24(33)16-11-15(39-9-6-18(30)26(35)36)3-5-20(16)37-23-17(27)13-32-25(22(23)28)38-21-10-14(12-29)2-4-19(21)34/h2-5,10-11,13,18,34H,6-9,30H2,1H3,(H,35,36). The van der Waals surface area contributed by atoms with Gasteiger partial charge in [0.2, 0.25) is 11.6 Å². The summed E-state index contributed by atoms with van der Waals surface area (Å²) >= 11 is 1.37. The first-order valence-corrected chi connectivity index (χ1v) is 12.6. The van der Waals surface area contributed by atoms with Crippen LogP contribution < -0.4 is 15.2 Å². The predicted octanol–water partition coefficient (Wildman–Crippen LogP) is 4.11. The van der Waals surface area contributed by atoms with Crippen LogP contribution in [0.3, 0.4) is 0 Å². The van der Waals surface area contributed by atoms with Crippen molar-refractivity contribution in [3.8, 4) is 34.9 Å². The molecule has 1 aromatic heterocycles. The molecule has 0 radical (unpaired) electrons. The van der Waals surface area contributed by atoms with Gasteiger partial charge in [-0.25, -0.2) is 9.37 Å². The normalized spacial score (nSPS) is 13.5. The number of hydrogen-bond acceptors (Lipinski definition) is 10. The Morgan fingerprint density at radius 1 is 1.26 bits per heavy atom. The van der Waals surface area contributed by atoms with Gasteiger partial charge in [-0.1, -0.05) is 0 Å². The molecule has 2 aromatic carbocycles. The quantitative estimate of drug-likeness (QED) is 0.311. The van der Waals surface area contributed by atoms with Crippen molar-refractivity contribution in [2.24, 2.45) is 10.7 Å². The van der Waals surface area contributed by atoms with Crippen LogP contribution in [0.2, 0.25) is 0 Å². The number of aromatic hydroxyl groups is 1. The third-order valence-corrected chi connectivity index (χ3v) is 6.70.